The minimum atomic E-state index is -0.555. The maximum absolute atomic E-state index is 12.7. The van der Waals surface area contributed by atoms with Crippen molar-refractivity contribution in [3.63, 3.8) is 0 Å². The largest absolute Gasteiger partial charge is 0.420 e. The van der Waals surface area contributed by atoms with Gasteiger partial charge in [-0.25, -0.2) is 4.79 Å². The van der Waals surface area contributed by atoms with Crippen LogP contribution in [-0.4, -0.2) is 57.6 Å². The van der Waals surface area contributed by atoms with E-state index < -0.39 is 11.5 Å². The van der Waals surface area contributed by atoms with Crippen LogP contribution in [0.5, 0.6) is 0 Å². The fraction of sp³-hybridized carbons (Fsp3) is 0.444. The van der Waals surface area contributed by atoms with Gasteiger partial charge in [0.05, 0.1) is 25.3 Å². The minimum Gasteiger partial charge on any atom is -0.408 e. The number of amides is 1. The van der Waals surface area contributed by atoms with E-state index in [0.29, 0.717) is 50.2 Å². The van der Waals surface area contributed by atoms with Gasteiger partial charge in [-0.3, -0.25) is 9.36 Å². The van der Waals surface area contributed by atoms with Crippen LogP contribution in [0.2, 0.25) is 0 Å². The topological polar surface area (TPSA) is 113 Å². The number of fused-ring (bicyclic) bond motifs is 1. The zero-order valence-electron chi connectivity index (χ0n) is 15.0. The molecular formula is C18H18N4O6. The lowest BCUT2D eigenvalue weighted by Crippen LogP contribution is -2.47. The molecule has 1 spiro atoms. The monoisotopic (exact) mass is 386 g/mol. The third kappa shape index (κ3) is 2.90. The number of oxazole rings is 1. The third-order valence-electron chi connectivity index (χ3n) is 5.15. The second-order valence-electron chi connectivity index (χ2n) is 6.84. The summed E-state index contributed by atoms with van der Waals surface area (Å²) in [6.07, 6.45) is 1.21. The fourth-order valence-corrected chi connectivity index (χ4v) is 3.68. The van der Waals surface area contributed by atoms with Crippen molar-refractivity contribution in [2.45, 2.75) is 25.2 Å². The predicted molar refractivity (Wildman–Crippen MR) is 93.6 cm³/mol. The molecule has 5 rings (SSSR count). The second kappa shape index (κ2) is 6.57. The predicted octanol–water partition coefficient (Wildman–Crippen LogP) is 1.00. The molecule has 2 aliphatic rings. The van der Waals surface area contributed by atoms with E-state index in [-0.39, 0.29) is 24.2 Å². The van der Waals surface area contributed by atoms with Gasteiger partial charge in [-0.1, -0.05) is 17.3 Å². The number of ether oxygens (including phenoxy) is 2. The van der Waals surface area contributed by atoms with Gasteiger partial charge in [-0.2, -0.15) is 4.98 Å². The number of benzene rings is 1. The van der Waals surface area contributed by atoms with Gasteiger partial charge in [0, 0.05) is 25.9 Å². The van der Waals surface area contributed by atoms with Crippen LogP contribution in [0.1, 0.15) is 29.4 Å². The molecule has 0 saturated carbocycles. The average molecular weight is 386 g/mol. The molecule has 2 aromatic heterocycles. The average Bonchev–Trinajstić information content (AvgIpc) is 3.43. The number of rotatable bonds is 3. The molecule has 3 aromatic rings. The van der Waals surface area contributed by atoms with E-state index in [0.717, 1.165) is 0 Å². The Morgan fingerprint density at radius 1 is 1.14 bits per heavy atom. The summed E-state index contributed by atoms with van der Waals surface area (Å²) in [6.45, 7) is 2.20. The second-order valence-corrected chi connectivity index (χ2v) is 6.84. The molecule has 10 heteroatoms. The SMILES string of the molecule is O=C(c1nc(Cn2c(=O)oc3ccccc32)no1)N1CCC2(CC1)OCCO2. The Balaban J connectivity index is 1.30. The van der Waals surface area contributed by atoms with Crippen molar-refractivity contribution in [1.29, 1.82) is 0 Å². The molecule has 4 heterocycles. The van der Waals surface area contributed by atoms with Gasteiger partial charge in [0.1, 0.15) is 0 Å². The summed E-state index contributed by atoms with van der Waals surface area (Å²) in [5, 5.41) is 3.84. The number of hydrogen-bond acceptors (Lipinski definition) is 8. The Morgan fingerprint density at radius 2 is 1.89 bits per heavy atom. The molecule has 0 radical (unpaired) electrons. The van der Waals surface area contributed by atoms with Crippen molar-refractivity contribution in [2.24, 2.45) is 0 Å². The molecule has 0 unspecified atom stereocenters. The van der Waals surface area contributed by atoms with Gasteiger partial charge in [0.2, 0.25) is 0 Å². The summed E-state index contributed by atoms with van der Waals surface area (Å²) in [5.41, 5.74) is 1.11. The number of aromatic nitrogens is 3. The first-order valence-corrected chi connectivity index (χ1v) is 9.12. The lowest BCUT2D eigenvalue weighted by atomic mass is 10.0. The number of carbonyl (C=O) groups excluding carboxylic acids is 1. The number of nitrogens with zero attached hydrogens (tertiary/aromatic N) is 4. The molecule has 1 amide bonds. The quantitative estimate of drug-likeness (QED) is 0.655. The number of piperidine rings is 1. The van der Waals surface area contributed by atoms with E-state index in [4.69, 9.17) is 18.4 Å². The van der Waals surface area contributed by atoms with Crippen molar-refractivity contribution in [1.82, 2.24) is 19.6 Å². The molecule has 2 fully saturated rings. The summed E-state index contributed by atoms with van der Waals surface area (Å²) in [5.74, 6) is -1.28. The summed E-state index contributed by atoms with van der Waals surface area (Å²) in [7, 11) is 0. The highest BCUT2D eigenvalue weighted by atomic mass is 16.7. The molecular weight excluding hydrogens is 368 g/mol. The van der Waals surface area contributed by atoms with Crippen molar-refractivity contribution in [3.8, 4) is 0 Å². The maximum Gasteiger partial charge on any atom is 0.420 e. The van der Waals surface area contributed by atoms with Crippen LogP contribution < -0.4 is 5.76 Å². The van der Waals surface area contributed by atoms with Crippen LogP contribution in [0.3, 0.4) is 0 Å². The lowest BCUT2D eigenvalue weighted by Gasteiger charge is -2.36. The van der Waals surface area contributed by atoms with Gasteiger partial charge in [0.15, 0.2) is 17.2 Å². The number of para-hydroxylation sites is 2. The molecule has 0 bridgehead atoms. The van der Waals surface area contributed by atoms with Gasteiger partial charge in [-0.15, -0.1) is 0 Å². The van der Waals surface area contributed by atoms with E-state index in [1.165, 1.54) is 4.57 Å². The van der Waals surface area contributed by atoms with Crippen molar-refractivity contribution < 1.29 is 23.2 Å². The minimum absolute atomic E-state index is 0.0530. The summed E-state index contributed by atoms with van der Waals surface area (Å²) < 4.78 is 23.1. The number of carbonyl (C=O) groups is 1. The Morgan fingerprint density at radius 3 is 2.68 bits per heavy atom. The van der Waals surface area contributed by atoms with E-state index in [9.17, 15) is 9.59 Å². The molecule has 146 valence electrons. The summed E-state index contributed by atoms with van der Waals surface area (Å²) in [4.78, 5) is 30.5. The molecule has 28 heavy (non-hydrogen) atoms. The van der Waals surface area contributed by atoms with Crippen molar-refractivity contribution >= 4 is 17.0 Å². The van der Waals surface area contributed by atoms with E-state index in [1.807, 2.05) is 0 Å². The Bertz CT molecular complexity index is 1070. The smallest absolute Gasteiger partial charge is 0.408 e. The first-order valence-electron chi connectivity index (χ1n) is 9.12. The molecule has 0 aliphatic carbocycles. The normalized spacial score (nSPS) is 18.9. The molecule has 10 nitrogen and oxygen atoms in total. The zero-order valence-corrected chi connectivity index (χ0v) is 15.0. The van der Waals surface area contributed by atoms with Crippen molar-refractivity contribution in [2.75, 3.05) is 26.3 Å². The summed E-state index contributed by atoms with van der Waals surface area (Å²) in [6, 6.07) is 7.06. The molecule has 0 atom stereocenters. The molecule has 1 aromatic carbocycles. The van der Waals surface area contributed by atoms with Crippen molar-refractivity contribution in [3.05, 3.63) is 46.5 Å². The van der Waals surface area contributed by atoms with Crippen LogP contribution in [-0.2, 0) is 16.0 Å². The lowest BCUT2D eigenvalue weighted by molar-refractivity contribution is -0.181. The Labute approximate surface area is 158 Å². The zero-order chi connectivity index (χ0) is 19.1. The van der Waals surface area contributed by atoms with E-state index >= 15 is 0 Å². The van der Waals surface area contributed by atoms with Crippen LogP contribution in [0.15, 0.2) is 38.0 Å². The fourth-order valence-electron chi connectivity index (χ4n) is 3.68. The maximum atomic E-state index is 12.7. The highest BCUT2D eigenvalue weighted by Gasteiger charge is 2.41. The van der Waals surface area contributed by atoms with Crippen LogP contribution in [0.4, 0.5) is 0 Å². The highest BCUT2D eigenvalue weighted by Crippen LogP contribution is 2.31. The van der Waals surface area contributed by atoms with Crippen LogP contribution in [0, 0.1) is 0 Å². The van der Waals surface area contributed by atoms with Crippen LogP contribution in [0.25, 0.3) is 11.1 Å². The first kappa shape index (κ1) is 17.1. The van der Waals surface area contributed by atoms with Crippen LogP contribution >= 0.6 is 0 Å². The Kier molecular flexibility index (Phi) is 4.02. The summed E-state index contributed by atoms with van der Waals surface area (Å²) >= 11 is 0. The van der Waals surface area contributed by atoms with Gasteiger partial charge in [-0.05, 0) is 12.1 Å². The molecule has 0 N–H and O–H groups in total. The Hall–Kier alpha value is -2.98. The standard InChI is InChI=1S/C18H18N4O6/c23-16(21-7-5-18(6-8-21)25-9-10-26-18)15-19-14(20-28-15)11-22-12-3-1-2-4-13(12)27-17(22)24/h1-4H,5-11H2. The van der Waals surface area contributed by atoms with Gasteiger partial charge >= 0.3 is 17.6 Å². The number of hydrogen-bond donors (Lipinski definition) is 0. The molecule has 2 saturated heterocycles. The first-order chi connectivity index (χ1) is 13.6. The van der Waals surface area contributed by atoms with Gasteiger partial charge in [0.25, 0.3) is 0 Å². The van der Waals surface area contributed by atoms with E-state index in [2.05, 4.69) is 10.1 Å². The third-order valence-corrected chi connectivity index (χ3v) is 5.15. The highest BCUT2D eigenvalue weighted by molar-refractivity contribution is 5.89. The number of likely N-dealkylation sites (tertiary alicyclic amines) is 1. The molecule has 2 aliphatic heterocycles. The van der Waals surface area contributed by atoms with Gasteiger partial charge < -0.3 is 23.3 Å². The van der Waals surface area contributed by atoms with E-state index in [1.54, 1.807) is 29.2 Å².